The largest absolute Gasteiger partial charge is 0.490 e. The van der Waals surface area contributed by atoms with E-state index in [1.807, 2.05) is 13.0 Å². The fraction of sp³-hybridized carbons (Fsp3) is 0.333. The molecule has 0 atom stereocenters. The fourth-order valence-corrected chi connectivity index (χ4v) is 2.62. The van der Waals surface area contributed by atoms with Crippen molar-refractivity contribution >= 4 is 43.7 Å². The van der Waals surface area contributed by atoms with E-state index in [9.17, 15) is 4.79 Å². The highest BCUT2D eigenvalue weighted by Gasteiger charge is 2.36. The number of hydrogen-bond donors (Lipinski definition) is 1. The number of aromatic nitrogens is 1. The predicted octanol–water partition coefficient (Wildman–Crippen LogP) is 4.34. The van der Waals surface area contributed by atoms with E-state index in [0.29, 0.717) is 23.8 Å². The summed E-state index contributed by atoms with van der Waals surface area (Å²) in [6.07, 6.45) is 4.42. The van der Waals surface area contributed by atoms with Gasteiger partial charge in [0.05, 0.1) is 5.92 Å². The number of halogens is 2. The van der Waals surface area contributed by atoms with Gasteiger partial charge in [0.15, 0.2) is 0 Å². The third kappa shape index (κ3) is 3.66. The SMILES string of the molecule is C=C(OC1CC(C(=O)O)C1)c1cnc(Cl)cc1/C(Br)=C\C. The summed E-state index contributed by atoms with van der Waals surface area (Å²) in [6, 6.07) is 1.73. The van der Waals surface area contributed by atoms with Gasteiger partial charge in [0.25, 0.3) is 0 Å². The number of nitrogens with zero attached hydrogens (tertiary/aromatic N) is 1. The van der Waals surface area contributed by atoms with Crippen LogP contribution in [0.2, 0.25) is 5.15 Å². The van der Waals surface area contributed by atoms with Crippen molar-refractivity contribution in [1.82, 2.24) is 4.98 Å². The summed E-state index contributed by atoms with van der Waals surface area (Å²) in [5.74, 6) is -0.610. The molecule has 2 rings (SSSR count). The molecule has 1 aliphatic carbocycles. The number of carboxylic acids is 1. The van der Waals surface area contributed by atoms with Gasteiger partial charge in [0, 0.05) is 21.8 Å². The minimum Gasteiger partial charge on any atom is -0.490 e. The van der Waals surface area contributed by atoms with E-state index in [4.69, 9.17) is 21.4 Å². The molecule has 6 heteroatoms. The minimum absolute atomic E-state index is 0.105. The lowest BCUT2D eigenvalue weighted by molar-refractivity contribution is -0.148. The topological polar surface area (TPSA) is 59.4 Å². The Bertz CT molecular complexity index is 609. The van der Waals surface area contributed by atoms with E-state index >= 15 is 0 Å². The molecular formula is C15H15BrClNO3. The van der Waals surface area contributed by atoms with Crippen LogP contribution in [0.4, 0.5) is 0 Å². The fourth-order valence-electron chi connectivity index (χ4n) is 2.13. The van der Waals surface area contributed by atoms with E-state index < -0.39 is 5.97 Å². The van der Waals surface area contributed by atoms with Crippen molar-refractivity contribution in [3.05, 3.63) is 41.2 Å². The van der Waals surface area contributed by atoms with Gasteiger partial charge in [-0.3, -0.25) is 4.79 Å². The molecule has 1 aromatic heterocycles. The second-order valence-corrected chi connectivity index (χ2v) is 6.10. The van der Waals surface area contributed by atoms with Gasteiger partial charge >= 0.3 is 5.97 Å². The maximum Gasteiger partial charge on any atom is 0.306 e. The van der Waals surface area contributed by atoms with Gasteiger partial charge in [0.1, 0.15) is 17.0 Å². The molecule has 1 saturated carbocycles. The Morgan fingerprint density at radius 3 is 2.81 bits per heavy atom. The lowest BCUT2D eigenvalue weighted by atomic mass is 9.82. The van der Waals surface area contributed by atoms with Gasteiger partial charge in [-0.15, -0.1) is 0 Å². The average Bonchev–Trinajstić information content (AvgIpc) is 2.40. The van der Waals surface area contributed by atoms with Crippen LogP contribution in [0, 0.1) is 5.92 Å². The van der Waals surface area contributed by atoms with Crippen molar-refractivity contribution in [1.29, 1.82) is 0 Å². The molecule has 0 spiro atoms. The quantitative estimate of drug-likeness (QED) is 0.617. The highest BCUT2D eigenvalue weighted by atomic mass is 79.9. The molecule has 0 saturated heterocycles. The number of pyridine rings is 1. The van der Waals surface area contributed by atoms with Gasteiger partial charge < -0.3 is 9.84 Å². The molecule has 1 aliphatic rings. The Morgan fingerprint density at radius 1 is 1.57 bits per heavy atom. The lowest BCUT2D eigenvalue weighted by Gasteiger charge is -2.33. The molecule has 1 N–H and O–H groups in total. The molecule has 0 amide bonds. The van der Waals surface area contributed by atoms with Crippen LogP contribution in [-0.2, 0) is 9.53 Å². The molecular weight excluding hydrogens is 358 g/mol. The van der Waals surface area contributed by atoms with E-state index in [1.54, 1.807) is 12.3 Å². The first-order chi connectivity index (χ1) is 9.92. The van der Waals surface area contributed by atoms with Gasteiger partial charge in [0.2, 0.25) is 0 Å². The molecule has 112 valence electrons. The first-order valence-electron chi connectivity index (χ1n) is 6.48. The molecule has 0 aromatic carbocycles. The zero-order valence-electron chi connectivity index (χ0n) is 11.5. The molecule has 4 nitrogen and oxygen atoms in total. The minimum atomic E-state index is -0.772. The highest BCUT2D eigenvalue weighted by Crippen LogP contribution is 2.36. The van der Waals surface area contributed by atoms with Crippen molar-refractivity contribution in [2.75, 3.05) is 0 Å². The van der Waals surface area contributed by atoms with E-state index in [0.717, 1.165) is 15.6 Å². The Hall–Kier alpha value is -1.33. The van der Waals surface area contributed by atoms with Crippen LogP contribution in [0.25, 0.3) is 10.2 Å². The first-order valence-corrected chi connectivity index (χ1v) is 7.66. The summed E-state index contributed by atoms with van der Waals surface area (Å²) in [7, 11) is 0. The number of rotatable bonds is 5. The lowest BCUT2D eigenvalue weighted by Crippen LogP contribution is -2.35. The Labute approximate surface area is 136 Å². The van der Waals surface area contributed by atoms with Crippen molar-refractivity contribution in [2.24, 2.45) is 5.92 Å². The predicted molar refractivity (Wildman–Crippen MR) is 86.1 cm³/mol. The molecule has 1 fully saturated rings. The second kappa shape index (κ2) is 6.62. The standard InChI is InChI=1S/C15H15BrClNO3/c1-3-13(16)11-6-14(17)18-7-12(11)8(2)21-10-4-9(5-10)15(19)20/h3,6-7,9-10H,2,4-5H2,1H3,(H,19,20)/b13-3+. The van der Waals surface area contributed by atoms with Crippen LogP contribution < -0.4 is 0 Å². The van der Waals surface area contributed by atoms with Gasteiger partial charge in [-0.1, -0.05) is 40.2 Å². The summed E-state index contributed by atoms with van der Waals surface area (Å²) in [5.41, 5.74) is 1.58. The van der Waals surface area contributed by atoms with Crippen LogP contribution >= 0.6 is 27.5 Å². The summed E-state index contributed by atoms with van der Waals surface area (Å²) < 4.78 is 6.60. The van der Waals surface area contributed by atoms with Crippen LogP contribution in [0.3, 0.4) is 0 Å². The van der Waals surface area contributed by atoms with Crippen LogP contribution in [0.5, 0.6) is 0 Å². The normalized spacial score (nSPS) is 21.6. The van der Waals surface area contributed by atoms with E-state index in [2.05, 4.69) is 27.5 Å². The van der Waals surface area contributed by atoms with Crippen LogP contribution in [-0.4, -0.2) is 22.2 Å². The number of carbonyl (C=O) groups is 1. The third-order valence-electron chi connectivity index (χ3n) is 3.43. The Morgan fingerprint density at radius 2 is 2.24 bits per heavy atom. The first kappa shape index (κ1) is 16.0. The maximum absolute atomic E-state index is 10.8. The Kier molecular flexibility index (Phi) is 5.06. The highest BCUT2D eigenvalue weighted by molar-refractivity contribution is 9.15. The maximum atomic E-state index is 10.8. The average molecular weight is 373 g/mol. The summed E-state index contributed by atoms with van der Waals surface area (Å²) in [5, 5.41) is 9.25. The summed E-state index contributed by atoms with van der Waals surface area (Å²) >= 11 is 9.39. The second-order valence-electron chi connectivity index (χ2n) is 4.86. The molecule has 0 aliphatic heterocycles. The van der Waals surface area contributed by atoms with Crippen LogP contribution in [0.15, 0.2) is 24.9 Å². The molecule has 0 unspecified atom stereocenters. The molecule has 0 radical (unpaired) electrons. The number of allylic oxidation sites excluding steroid dienone is 1. The molecule has 21 heavy (non-hydrogen) atoms. The molecule has 1 heterocycles. The van der Waals surface area contributed by atoms with Gasteiger partial charge in [-0.2, -0.15) is 0 Å². The molecule has 0 bridgehead atoms. The smallest absolute Gasteiger partial charge is 0.306 e. The van der Waals surface area contributed by atoms with E-state index in [-0.39, 0.29) is 12.0 Å². The third-order valence-corrected chi connectivity index (χ3v) is 4.53. The van der Waals surface area contributed by atoms with Crippen molar-refractivity contribution in [3.63, 3.8) is 0 Å². The number of carboxylic acid groups (broad SMARTS) is 1. The number of ether oxygens (including phenoxy) is 1. The number of aliphatic carboxylic acids is 1. The Balaban J connectivity index is 2.11. The summed E-state index contributed by atoms with van der Waals surface area (Å²) in [4.78, 5) is 14.8. The van der Waals surface area contributed by atoms with Crippen molar-refractivity contribution < 1.29 is 14.6 Å². The van der Waals surface area contributed by atoms with Crippen molar-refractivity contribution in [3.8, 4) is 0 Å². The summed E-state index contributed by atoms with van der Waals surface area (Å²) in [6.45, 7) is 5.82. The zero-order valence-corrected chi connectivity index (χ0v) is 13.8. The number of hydrogen-bond acceptors (Lipinski definition) is 3. The van der Waals surface area contributed by atoms with E-state index in [1.165, 1.54) is 0 Å². The van der Waals surface area contributed by atoms with Crippen molar-refractivity contribution in [2.45, 2.75) is 25.9 Å². The molecule has 1 aromatic rings. The zero-order chi connectivity index (χ0) is 15.6. The monoisotopic (exact) mass is 371 g/mol. The van der Waals surface area contributed by atoms with Crippen LogP contribution in [0.1, 0.15) is 30.9 Å². The van der Waals surface area contributed by atoms with Gasteiger partial charge in [-0.25, -0.2) is 4.98 Å². The van der Waals surface area contributed by atoms with Gasteiger partial charge in [-0.05, 0) is 25.8 Å².